The van der Waals surface area contributed by atoms with Gasteiger partial charge in [-0.25, -0.2) is 13.2 Å². The largest absolute Gasteiger partial charge is 0.454 e. The van der Waals surface area contributed by atoms with Crippen molar-refractivity contribution in [3.05, 3.63) is 48.8 Å². The molecule has 1 fully saturated rings. The van der Waals surface area contributed by atoms with Crippen LogP contribution >= 0.6 is 0 Å². The number of amides is 2. The smallest absolute Gasteiger partial charge is 0.321 e. The van der Waals surface area contributed by atoms with Crippen LogP contribution in [0.4, 0.5) is 10.5 Å². The molecular weight excluding hydrogens is 354 g/mol. The van der Waals surface area contributed by atoms with Crippen molar-refractivity contribution in [2.24, 2.45) is 0 Å². The lowest BCUT2D eigenvalue weighted by molar-refractivity contribution is 0.199. The number of nitrogens with zero attached hydrogens (tertiary/aromatic N) is 2. The van der Waals surface area contributed by atoms with Crippen LogP contribution in [0.3, 0.4) is 0 Å². The number of carbonyl (C=O) groups excluding carboxylic acids is 1. The van der Waals surface area contributed by atoms with Gasteiger partial charge in [-0.05, 0) is 37.1 Å². The van der Waals surface area contributed by atoms with Gasteiger partial charge in [-0.3, -0.25) is 4.98 Å². The SMILES string of the molecule is CN(C(=O)Nc1ccccc1Oc1cccnc1)C1CCS(=O)(=O)CC1. The van der Waals surface area contributed by atoms with Crippen molar-refractivity contribution in [3.63, 3.8) is 0 Å². The molecule has 1 aromatic carbocycles. The molecule has 1 aliphatic rings. The topological polar surface area (TPSA) is 88.6 Å². The summed E-state index contributed by atoms with van der Waals surface area (Å²) in [6.07, 6.45) is 4.16. The van der Waals surface area contributed by atoms with Gasteiger partial charge in [0.2, 0.25) is 0 Å². The number of carbonyl (C=O) groups is 1. The Kier molecular flexibility index (Phi) is 5.41. The Hall–Kier alpha value is -2.61. The van der Waals surface area contributed by atoms with Gasteiger partial charge >= 0.3 is 6.03 Å². The number of urea groups is 1. The van der Waals surface area contributed by atoms with Crippen molar-refractivity contribution in [1.82, 2.24) is 9.88 Å². The van der Waals surface area contributed by atoms with Gasteiger partial charge < -0.3 is 15.0 Å². The molecule has 1 N–H and O–H groups in total. The summed E-state index contributed by atoms with van der Waals surface area (Å²) >= 11 is 0. The number of rotatable bonds is 4. The van der Waals surface area contributed by atoms with E-state index >= 15 is 0 Å². The van der Waals surface area contributed by atoms with Gasteiger partial charge in [0.15, 0.2) is 5.75 Å². The Morgan fingerprint density at radius 2 is 1.92 bits per heavy atom. The van der Waals surface area contributed by atoms with Crippen molar-refractivity contribution < 1.29 is 17.9 Å². The predicted octanol–water partition coefficient (Wildman–Crippen LogP) is 2.91. The number of sulfone groups is 1. The van der Waals surface area contributed by atoms with Crippen LogP contribution in [0.15, 0.2) is 48.8 Å². The second-order valence-electron chi connectivity index (χ2n) is 6.21. The van der Waals surface area contributed by atoms with E-state index in [1.54, 1.807) is 54.7 Å². The maximum Gasteiger partial charge on any atom is 0.321 e. The third kappa shape index (κ3) is 4.51. The van der Waals surface area contributed by atoms with E-state index < -0.39 is 9.84 Å². The normalized spacial score (nSPS) is 16.7. The molecule has 0 saturated carbocycles. The van der Waals surface area contributed by atoms with Crippen molar-refractivity contribution in [1.29, 1.82) is 0 Å². The molecule has 1 aliphatic heterocycles. The van der Waals surface area contributed by atoms with E-state index in [-0.39, 0.29) is 23.6 Å². The Labute approximate surface area is 152 Å². The first-order valence-corrected chi connectivity index (χ1v) is 10.2. The highest BCUT2D eigenvalue weighted by Gasteiger charge is 2.28. The summed E-state index contributed by atoms with van der Waals surface area (Å²) in [6.45, 7) is 0. The number of benzene rings is 1. The van der Waals surface area contributed by atoms with Crippen molar-refractivity contribution in [2.45, 2.75) is 18.9 Å². The van der Waals surface area contributed by atoms with Crippen LogP contribution in [-0.2, 0) is 9.84 Å². The summed E-state index contributed by atoms with van der Waals surface area (Å²) in [6, 6.07) is 10.3. The number of pyridine rings is 1. The molecule has 1 aromatic heterocycles. The Morgan fingerprint density at radius 3 is 2.62 bits per heavy atom. The highest BCUT2D eigenvalue weighted by atomic mass is 32.2. The molecule has 0 bridgehead atoms. The molecule has 1 saturated heterocycles. The predicted molar refractivity (Wildman–Crippen MR) is 99.2 cm³/mol. The highest BCUT2D eigenvalue weighted by Crippen LogP contribution is 2.29. The Balaban J connectivity index is 1.68. The number of para-hydroxylation sites is 2. The van der Waals surface area contributed by atoms with E-state index in [1.807, 2.05) is 6.07 Å². The van der Waals surface area contributed by atoms with E-state index in [4.69, 9.17) is 4.74 Å². The van der Waals surface area contributed by atoms with Gasteiger partial charge in [-0.2, -0.15) is 0 Å². The average Bonchev–Trinajstić information content (AvgIpc) is 2.63. The van der Waals surface area contributed by atoms with Gasteiger partial charge in [0.1, 0.15) is 15.6 Å². The first kappa shape index (κ1) is 18.2. The van der Waals surface area contributed by atoms with E-state index in [2.05, 4.69) is 10.3 Å². The molecule has 2 aromatic rings. The lowest BCUT2D eigenvalue weighted by atomic mass is 10.1. The molecule has 2 heterocycles. The summed E-state index contributed by atoms with van der Waals surface area (Å²) in [5.41, 5.74) is 0.539. The number of hydrogen-bond donors (Lipinski definition) is 1. The van der Waals surface area contributed by atoms with Crippen LogP contribution in [0.5, 0.6) is 11.5 Å². The van der Waals surface area contributed by atoms with Crippen molar-refractivity contribution in [3.8, 4) is 11.5 Å². The molecular formula is C18H21N3O4S. The summed E-state index contributed by atoms with van der Waals surface area (Å²) in [7, 11) is -1.28. The number of aromatic nitrogens is 1. The van der Waals surface area contributed by atoms with E-state index in [0.29, 0.717) is 30.0 Å². The second-order valence-corrected chi connectivity index (χ2v) is 8.51. The lowest BCUT2D eigenvalue weighted by Crippen LogP contribution is -2.44. The number of hydrogen-bond acceptors (Lipinski definition) is 5. The number of nitrogens with one attached hydrogen (secondary N) is 1. The molecule has 7 nitrogen and oxygen atoms in total. The summed E-state index contributed by atoms with van der Waals surface area (Å²) in [5.74, 6) is 1.32. The second kappa shape index (κ2) is 7.74. The molecule has 2 amide bonds. The molecule has 0 unspecified atom stereocenters. The first-order chi connectivity index (χ1) is 12.4. The number of ether oxygens (including phenoxy) is 1. The van der Waals surface area contributed by atoms with Gasteiger partial charge in [-0.1, -0.05) is 12.1 Å². The maximum atomic E-state index is 12.6. The molecule has 8 heteroatoms. The van der Waals surface area contributed by atoms with Gasteiger partial charge in [0.05, 0.1) is 23.4 Å². The molecule has 0 radical (unpaired) electrons. The third-order valence-corrected chi connectivity index (χ3v) is 6.10. The van der Waals surface area contributed by atoms with Gasteiger partial charge in [0.25, 0.3) is 0 Å². The average molecular weight is 375 g/mol. The zero-order valence-corrected chi connectivity index (χ0v) is 15.3. The van der Waals surface area contributed by atoms with Gasteiger partial charge in [0, 0.05) is 19.3 Å². The zero-order valence-electron chi connectivity index (χ0n) is 14.5. The van der Waals surface area contributed by atoms with Crippen LogP contribution in [-0.4, -0.2) is 48.9 Å². The molecule has 26 heavy (non-hydrogen) atoms. The zero-order chi connectivity index (χ0) is 18.6. The minimum atomic E-state index is -2.96. The monoisotopic (exact) mass is 375 g/mol. The fourth-order valence-corrected chi connectivity index (χ4v) is 4.29. The van der Waals surface area contributed by atoms with Crippen LogP contribution in [0.1, 0.15) is 12.8 Å². The molecule has 0 atom stereocenters. The Bertz CT molecular complexity index is 857. The fourth-order valence-electron chi connectivity index (χ4n) is 2.83. The lowest BCUT2D eigenvalue weighted by Gasteiger charge is -2.31. The highest BCUT2D eigenvalue weighted by molar-refractivity contribution is 7.91. The molecule has 3 rings (SSSR count). The molecule has 0 spiro atoms. The van der Waals surface area contributed by atoms with E-state index in [1.165, 1.54) is 0 Å². The molecule has 0 aliphatic carbocycles. The van der Waals surface area contributed by atoms with Crippen LogP contribution in [0, 0.1) is 0 Å². The number of anilines is 1. The van der Waals surface area contributed by atoms with Crippen LogP contribution in [0.2, 0.25) is 0 Å². The third-order valence-electron chi connectivity index (χ3n) is 4.38. The quantitative estimate of drug-likeness (QED) is 0.888. The fraction of sp³-hybridized carbons (Fsp3) is 0.333. The van der Waals surface area contributed by atoms with E-state index in [0.717, 1.165) is 0 Å². The standard InChI is InChI=1S/C18H21N3O4S/c1-21(14-8-11-26(23,24)12-9-14)18(22)20-16-6-2-3-7-17(16)25-15-5-4-10-19-13-15/h2-7,10,13-14H,8-9,11-12H2,1H3,(H,20,22). The van der Waals surface area contributed by atoms with Crippen LogP contribution < -0.4 is 10.1 Å². The first-order valence-electron chi connectivity index (χ1n) is 8.36. The van der Waals surface area contributed by atoms with Gasteiger partial charge in [-0.15, -0.1) is 0 Å². The van der Waals surface area contributed by atoms with Crippen molar-refractivity contribution >= 4 is 21.6 Å². The van der Waals surface area contributed by atoms with E-state index in [9.17, 15) is 13.2 Å². The minimum Gasteiger partial charge on any atom is -0.454 e. The summed E-state index contributed by atoms with van der Waals surface area (Å²) in [4.78, 5) is 18.1. The van der Waals surface area contributed by atoms with Crippen LogP contribution in [0.25, 0.3) is 0 Å². The summed E-state index contributed by atoms with van der Waals surface area (Å²) < 4.78 is 28.9. The Morgan fingerprint density at radius 1 is 1.19 bits per heavy atom. The summed E-state index contributed by atoms with van der Waals surface area (Å²) in [5, 5.41) is 2.84. The minimum absolute atomic E-state index is 0.0927. The maximum absolute atomic E-state index is 12.6. The van der Waals surface area contributed by atoms with Crippen molar-refractivity contribution in [2.75, 3.05) is 23.9 Å². The molecule has 138 valence electrons.